The van der Waals surface area contributed by atoms with Gasteiger partial charge in [-0.25, -0.2) is 0 Å². The van der Waals surface area contributed by atoms with Crippen molar-refractivity contribution in [1.82, 2.24) is 0 Å². The predicted octanol–water partition coefficient (Wildman–Crippen LogP) is 6.20. The van der Waals surface area contributed by atoms with Gasteiger partial charge in [-0.05, 0) is 11.6 Å². The van der Waals surface area contributed by atoms with Gasteiger partial charge in [-0.15, -0.1) is 23.1 Å². The zero-order valence-corrected chi connectivity index (χ0v) is 17.7. The molecule has 30 heavy (non-hydrogen) atoms. The van der Waals surface area contributed by atoms with Crippen LogP contribution >= 0.6 is 23.1 Å². The second-order valence-electron chi connectivity index (χ2n) is 6.66. The molecule has 0 spiro atoms. The molecule has 0 saturated heterocycles. The summed E-state index contributed by atoms with van der Waals surface area (Å²) in [6, 6.07) is 28.0. The average Bonchev–Trinajstić information content (AvgIpc) is 3.18. The van der Waals surface area contributed by atoms with E-state index in [-0.39, 0.29) is 17.3 Å². The Bertz CT molecular complexity index is 1180. The number of thiophene rings is 1. The van der Waals surface area contributed by atoms with Crippen molar-refractivity contribution in [2.24, 2.45) is 0 Å². The molecule has 4 rings (SSSR count). The highest BCUT2D eigenvalue weighted by Gasteiger charge is 2.18. The molecule has 3 aromatic carbocycles. The summed E-state index contributed by atoms with van der Waals surface area (Å²) in [4.78, 5) is 25.8. The highest BCUT2D eigenvalue weighted by Crippen LogP contribution is 2.39. The lowest BCUT2D eigenvalue weighted by atomic mass is 9.96. The normalized spacial score (nSPS) is 10.7. The maximum Gasteiger partial charge on any atom is 0.193 e. The lowest BCUT2D eigenvalue weighted by Crippen LogP contribution is -2.11. The molecule has 0 amide bonds. The van der Waals surface area contributed by atoms with Crippen molar-refractivity contribution in [3.63, 3.8) is 0 Å². The van der Waals surface area contributed by atoms with Crippen molar-refractivity contribution in [3.8, 4) is 11.1 Å². The molecule has 0 radical (unpaired) electrons. The number of Topliss-reactive ketones (excluding diaryl/α,β-unsaturated/α-hetero) is 1. The zero-order valence-electron chi connectivity index (χ0n) is 16.1. The fourth-order valence-corrected chi connectivity index (χ4v) is 5.17. The van der Waals surface area contributed by atoms with Crippen LogP contribution < -0.4 is 5.73 Å². The zero-order chi connectivity index (χ0) is 20.9. The first kappa shape index (κ1) is 20.1. The van der Waals surface area contributed by atoms with Crippen LogP contribution in [0.2, 0.25) is 0 Å². The van der Waals surface area contributed by atoms with Crippen LogP contribution in [0, 0.1) is 0 Å². The minimum Gasteiger partial charge on any atom is -0.390 e. The molecule has 2 N–H and O–H groups in total. The molecule has 0 atom stereocenters. The molecule has 0 fully saturated rings. The molecule has 1 aromatic heterocycles. The number of thioether (sulfide) groups is 1. The van der Waals surface area contributed by atoms with Gasteiger partial charge in [0, 0.05) is 22.3 Å². The van der Waals surface area contributed by atoms with Crippen molar-refractivity contribution in [3.05, 3.63) is 108 Å². The van der Waals surface area contributed by atoms with Crippen LogP contribution in [0.25, 0.3) is 11.1 Å². The Morgan fingerprint density at radius 3 is 2.10 bits per heavy atom. The third-order valence-electron chi connectivity index (χ3n) is 4.68. The number of hydrogen-bond acceptors (Lipinski definition) is 5. The Morgan fingerprint density at radius 1 is 0.800 bits per heavy atom. The monoisotopic (exact) mass is 429 g/mol. The largest absolute Gasteiger partial charge is 0.390 e. The second-order valence-corrected chi connectivity index (χ2v) is 9.02. The Hall–Kier alpha value is -3.15. The average molecular weight is 430 g/mol. The Kier molecular flexibility index (Phi) is 6.12. The molecule has 0 bridgehead atoms. The second kappa shape index (κ2) is 9.11. The van der Waals surface area contributed by atoms with Crippen molar-refractivity contribution >= 4 is 39.7 Å². The molecule has 0 unspecified atom stereocenters. The molecule has 0 aliphatic carbocycles. The molecular weight excluding hydrogens is 410 g/mol. The number of ketones is 2. The first-order valence-electron chi connectivity index (χ1n) is 9.43. The molecule has 4 aromatic rings. The number of carbonyl (C=O) groups excluding carboxylic acids is 2. The van der Waals surface area contributed by atoms with Gasteiger partial charge in [-0.1, -0.05) is 84.9 Å². The van der Waals surface area contributed by atoms with Gasteiger partial charge in [0.15, 0.2) is 11.6 Å². The topological polar surface area (TPSA) is 60.2 Å². The van der Waals surface area contributed by atoms with E-state index < -0.39 is 0 Å². The fraction of sp³-hybridized carbons (Fsp3) is 0.0400. The van der Waals surface area contributed by atoms with Crippen molar-refractivity contribution in [2.45, 2.75) is 4.21 Å². The molecule has 3 nitrogen and oxygen atoms in total. The molecular formula is C25H19NO2S2. The number of anilines is 1. The third kappa shape index (κ3) is 4.37. The summed E-state index contributed by atoms with van der Waals surface area (Å²) >= 11 is 2.92. The Balaban J connectivity index is 1.51. The maximum atomic E-state index is 12.9. The van der Waals surface area contributed by atoms with Crippen molar-refractivity contribution in [2.75, 3.05) is 11.5 Å². The van der Waals surface area contributed by atoms with Crippen LogP contribution in [0.5, 0.6) is 0 Å². The van der Waals surface area contributed by atoms with Crippen LogP contribution in [-0.2, 0) is 0 Å². The lowest BCUT2D eigenvalue weighted by molar-refractivity contribution is 0.0993. The highest BCUT2D eigenvalue weighted by molar-refractivity contribution is 8.01. The molecule has 1 heterocycles. The van der Waals surface area contributed by atoms with Crippen LogP contribution in [0.1, 0.15) is 26.3 Å². The summed E-state index contributed by atoms with van der Waals surface area (Å²) in [7, 11) is 0. The van der Waals surface area contributed by atoms with Crippen molar-refractivity contribution in [1.29, 1.82) is 0 Å². The number of carbonyl (C=O) groups is 2. The smallest absolute Gasteiger partial charge is 0.193 e. The lowest BCUT2D eigenvalue weighted by Gasteiger charge is -2.07. The number of benzene rings is 3. The van der Waals surface area contributed by atoms with E-state index in [4.69, 9.17) is 5.73 Å². The maximum absolute atomic E-state index is 12.9. The van der Waals surface area contributed by atoms with Gasteiger partial charge < -0.3 is 5.73 Å². The van der Waals surface area contributed by atoms with E-state index >= 15 is 0 Å². The first-order valence-corrected chi connectivity index (χ1v) is 11.2. The Morgan fingerprint density at radius 2 is 1.40 bits per heavy atom. The van der Waals surface area contributed by atoms with Crippen LogP contribution in [0.3, 0.4) is 0 Å². The Labute approximate surface area is 183 Å². The minimum absolute atomic E-state index is 0.0758. The van der Waals surface area contributed by atoms with E-state index in [1.54, 1.807) is 36.4 Å². The van der Waals surface area contributed by atoms with E-state index in [1.165, 1.54) is 23.1 Å². The molecule has 5 heteroatoms. The van der Waals surface area contributed by atoms with Gasteiger partial charge in [0.1, 0.15) is 0 Å². The van der Waals surface area contributed by atoms with Gasteiger partial charge in [0.25, 0.3) is 0 Å². The quantitative estimate of drug-likeness (QED) is 0.280. The molecule has 148 valence electrons. The summed E-state index contributed by atoms with van der Waals surface area (Å²) in [5.74, 6) is 0.0252. The highest BCUT2D eigenvalue weighted by atomic mass is 32.2. The predicted molar refractivity (Wildman–Crippen MR) is 126 cm³/mol. The number of rotatable bonds is 7. The van der Waals surface area contributed by atoms with E-state index in [0.29, 0.717) is 16.7 Å². The summed E-state index contributed by atoms with van der Waals surface area (Å²) in [5, 5.41) is 0.732. The SMILES string of the molecule is Nc1sc(SCC(=O)c2ccccc2C(=O)c2ccccc2)cc1-c1ccccc1. The number of hydrogen-bond donors (Lipinski definition) is 1. The van der Waals surface area contributed by atoms with Gasteiger partial charge in [0.05, 0.1) is 15.0 Å². The number of nitrogen functional groups attached to an aromatic ring is 1. The van der Waals surface area contributed by atoms with Crippen LogP contribution in [0.4, 0.5) is 5.00 Å². The summed E-state index contributed by atoms with van der Waals surface area (Å²) in [5.41, 5.74) is 9.69. The van der Waals surface area contributed by atoms with Gasteiger partial charge in [0.2, 0.25) is 0 Å². The van der Waals surface area contributed by atoms with E-state index in [1.807, 2.05) is 54.6 Å². The molecule has 0 aliphatic rings. The molecule has 0 saturated carbocycles. The summed E-state index contributed by atoms with van der Waals surface area (Å²) in [6.45, 7) is 0. The van der Waals surface area contributed by atoms with Crippen LogP contribution in [-0.4, -0.2) is 17.3 Å². The van der Waals surface area contributed by atoms with E-state index in [2.05, 4.69) is 0 Å². The number of nitrogens with two attached hydrogens (primary N) is 1. The third-order valence-corrected chi connectivity index (χ3v) is 6.85. The van der Waals surface area contributed by atoms with Crippen molar-refractivity contribution < 1.29 is 9.59 Å². The van der Waals surface area contributed by atoms with Gasteiger partial charge >= 0.3 is 0 Å². The van der Waals surface area contributed by atoms with E-state index in [0.717, 1.165) is 20.3 Å². The summed E-state index contributed by atoms with van der Waals surface area (Å²) in [6.07, 6.45) is 0. The van der Waals surface area contributed by atoms with Crippen LogP contribution in [0.15, 0.2) is 95.2 Å². The standard InChI is InChI=1S/C25H19NO2S2/c26-25-21(17-9-3-1-4-10-17)15-23(30-25)29-16-22(27)19-13-7-8-14-20(19)24(28)18-11-5-2-6-12-18/h1-15H,16,26H2. The van der Waals surface area contributed by atoms with E-state index in [9.17, 15) is 9.59 Å². The molecule has 0 aliphatic heterocycles. The van der Waals surface area contributed by atoms with Gasteiger partial charge in [-0.2, -0.15) is 0 Å². The minimum atomic E-state index is -0.142. The fourth-order valence-electron chi connectivity index (χ4n) is 3.18. The summed E-state index contributed by atoms with van der Waals surface area (Å²) < 4.78 is 0.978. The van der Waals surface area contributed by atoms with Gasteiger partial charge in [-0.3, -0.25) is 9.59 Å². The first-order chi connectivity index (χ1) is 14.6.